The second kappa shape index (κ2) is 15.1. The highest BCUT2D eigenvalue weighted by atomic mass is 16.5. The Morgan fingerprint density at radius 2 is 0.933 bits per heavy atom. The van der Waals surface area contributed by atoms with Crippen molar-refractivity contribution in [1.29, 1.82) is 0 Å². The van der Waals surface area contributed by atoms with Gasteiger partial charge in [-0.05, 0) is 73.2 Å². The van der Waals surface area contributed by atoms with Crippen LogP contribution in [-0.2, 0) is 0 Å². The molecule has 0 spiro atoms. The first kappa shape index (κ1) is 23.4. The number of hydrogen-bond acceptors (Lipinski definition) is 2. The highest BCUT2D eigenvalue weighted by Gasteiger charge is 1.95. The van der Waals surface area contributed by atoms with Crippen LogP contribution in [0.25, 0.3) is 0 Å². The zero-order valence-electron chi connectivity index (χ0n) is 18.5. The largest absolute Gasteiger partial charge is 0.494 e. The molecule has 0 amide bonds. The van der Waals surface area contributed by atoms with Gasteiger partial charge in [0.1, 0.15) is 11.5 Å². The molecule has 158 valence electrons. The standard InChI is InChI=1S/C28H34O2/c1-3-5-7-11-23-29-27-19-15-25(16-20-27)13-9-10-14-26-17-21-28(22-18-26)30-24-12-8-6-4-2/h15-22H,3-8,11-12,23-24H2,1-2H3. The number of unbranched alkanes of at least 4 members (excludes halogenated alkanes) is 6. The Morgan fingerprint density at radius 1 is 0.533 bits per heavy atom. The van der Waals surface area contributed by atoms with E-state index in [-0.39, 0.29) is 0 Å². The Kier molecular flexibility index (Phi) is 11.8. The molecule has 2 rings (SSSR count). The molecular formula is C28H34O2. The minimum atomic E-state index is 0.777. The molecule has 0 aliphatic rings. The number of hydrogen-bond donors (Lipinski definition) is 0. The van der Waals surface area contributed by atoms with Crippen molar-refractivity contribution in [2.45, 2.75) is 65.2 Å². The van der Waals surface area contributed by atoms with E-state index in [9.17, 15) is 0 Å². The van der Waals surface area contributed by atoms with Gasteiger partial charge in [-0.15, -0.1) is 0 Å². The van der Waals surface area contributed by atoms with Crippen LogP contribution in [0.2, 0.25) is 0 Å². The Morgan fingerprint density at radius 3 is 1.30 bits per heavy atom. The van der Waals surface area contributed by atoms with E-state index < -0.39 is 0 Å². The lowest BCUT2D eigenvalue weighted by atomic mass is 10.2. The van der Waals surface area contributed by atoms with E-state index in [1.54, 1.807) is 0 Å². The highest BCUT2D eigenvalue weighted by Crippen LogP contribution is 2.13. The molecule has 0 N–H and O–H groups in total. The first-order valence-electron chi connectivity index (χ1n) is 11.3. The molecule has 0 aliphatic heterocycles. The quantitative estimate of drug-likeness (QED) is 0.281. The molecule has 0 radical (unpaired) electrons. The SMILES string of the molecule is CCCCCCOc1ccc(C#CC#Cc2ccc(OCCCCCC)cc2)cc1. The molecule has 0 aliphatic carbocycles. The first-order chi connectivity index (χ1) is 14.8. The molecule has 30 heavy (non-hydrogen) atoms. The second-order valence-electron chi connectivity index (χ2n) is 7.37. The van der Waals surface area contributed by atoms with Gasteiger partial charge in [0.05, 0.1) is 13.2 Å². The third-order valence-electron chi connectivity index (χ3n) is 4.72. The van der Waals surface area contributed by atoms with E-state index in [0.717, 1.165) is 48.7 Å². The molecule has 0 bridgehead atoms. The average molecular weight is 403 g/mol. The van der Waals surface area contributed by atoms with Crippen molar-refractivity contribution in [2.24, 2.45) is 0 Å². The molecule has 2 nitrogen and oxygen atoms in total. The Bertz CT molecular complexity index is 753. The lowest BCUT2D eigenvalue weighted by Crippen LogP contribution is -1.97. The zero-order chi connectivity index (χ0) is 21.3. The van der Waals surface area contributed by atoms with E-state index >= 15 is 0 Å². The topological polar surface area (TPSA) is 18.5 Å². The predicted molar refractivity (Wildman–Crippen MR) is 126 cm³/mol. The third kappa shape index (κ3) is 10.1. The minimum absolute atomic E-state index is 0.777. The van der Waals surface area contributed by atoms with Gasteiger partial charge in [-0.25, -0.2) is 0 Å². The van der Waals surface area contributed by atoms with Crippen molar-refractivity contribution in [3.8, 4) is 35.2 Å². The van der Waals surface area contributed by atoms with Crippen LogP contribution in [-0.4, -0.2) is 13.2 Å². The maximum Gasteiger partial charge on any atom is 0.119 e. The molecule has 0 fully saturated rings. The van der Waals surface area contributed by atoms with Crippen LogP contribution in [0, 0.1) is 23.7 Å². The van der Waals surface area contributed by atoms with Crippen LogP contribution >= 0.6 is 0 Å². The average Bonchev–Trinajstić information content (AvgIpc) is 2.78. The van der Waals surface area contributed by atoms with Crippen LogP contribution in [0.3, 0.4) is 0 Å². The summed E-state index contributed by atoms with van der Waals surface area (Å²) in [7, 11) is 0. The van der Waals surface area contributed by atoms with E-state index in [1.807, 2.05) is 48.5 Å². The maximum absolute atomic E-state index is 5.76. The van der Waals surface area contributed by atoms with Crippen LogP contribution in [0.1, 0.15) is 76.3 Å². The number of benzene rings is 2. The fourth-order valence-electron chi connectivity index (χ4n) is 2.91. The van der Waals surface area contributed by atoms with Gasteiger partial charge in [-0.2, -0.15) is 0 Å². The first-order valence-corrected chi connectivity index (χ1v) is 11.3. The summed E-state index contributed by atoms with van der Waals surface area (Å²) in [6.07, 6.45) is 9.71. The molecule has 0 unspecified atom stereocenters. The number of ether oxygens (including phenoxy) is 2. The lowest BCUT2D eigenvalue weighted by Gasteiger charge is -2.05. The number of rotatable bonds is 12. The van der Waals surface area contributed by atoms with Crippen LogP contribution in [0.15, 0.2) is 48.5 Å². The maximum atomic E-state index is 5.76. The van der Waals surface area contributed by atoms with Gasteiger partial charge in [0.2, 0.25) is 0 Å². The summed E-state index contributed by atoms with van der Waals surface area (Å²) in [5, 5.41) is 0. The molecule has 2 aromatic rings. The van der Waals surface area contributed by atoms with Crippen molar-refractivity contribution in [1.82, 2.24) is 0 Å². The van der Waals surface area contributed by atoms with Gasteiger partial charge in [0, 0.05) is 11.1 Å². The molecule has 2 heteroatoms. The van der Waals surface area contributed by atoms with E-state index in [0.29, 0.717) is 0 Å². The molecule has 0 aromatic heterocycles. The fourth-order valence-corrected chi connectivity index (χ4v) is 2.91. The molecule has 0 saturated carbocycles. The van der Waals surface area contributed by atoms with Crippen molar-refractivity contribution in [3.63, 3.8) is 0 Å². The van der Waals surface area contributed by atoms with Crippen molar-refractivity contribution in [3.05, 3.63) is 59.7 Å². The van der Waals surface area contributed by atoms with Gasteiger partial charge in [-0.3, -0.25) is 0 Å². The summed E-state index contributed by atoms with van der Waals surface area (Å²) in [4.78, 5) is 0. The van der Waals surface area contributed by atoms with Gasteiger partial charge in [0.25, 0.3) is 0 Å². The highest BCUT2D eigenvalue weighted by molar-refractivity contribution is 5.46. The molecular weight excluding hydrogens is 368 g/mol. The minimum Gasteiger partial charge on any atom is -0.494 e. The molecule has 0 heterocycles. The monoisotopic (exact) mass is 402 g/mol. The van der Waals surface area contributed by atoms with Crippen LogP contribution in [0.5, 0.6) is 11.5 Å². The molecule has 2 aromatic carbocycles. The van der Waals surface area contributed by atoms with Crippen LogP contribution < -0.4 is 9.47 Å². The smallest absolute Gasteiger partial charge is 0.119 e. The normalized spacial score (nSPS) is 9.80. The van der Waals surface area contributed by atoms with Crippen molar-refractivity contribution >= 4 is 0 Å². The lowest BCUT2D eigenvalue weighted by molar-refractivity contribution is 0.305. The second-order valence-corrected chi connectivity index (χ2v) is 7.37. The summed E-state index contributed by atoms with van der Waals surface area (Å²) in [5.74, 6) is 13.8. The summed E-state index contributed by atoms with van der Waals surface area (Å²) < 4.78 is 11.5. The summed E-state index contributed by atoms with van der Waals surface area (Å²) >= 11 is 0. The summed E-state index contributed by atoms with van der Waals surface area (Å²) in [6.45, 7) is 5.98. The predicted octanol–water partition coefficient (Wildman–Crippen LogP) is 7.01. The van der Waals surface area contributed by atoms with Crippen molar-refractivity contribution < 1.29 is 9.47 Å². The van der Waals surface area contributed by atoms with E-state index in [2.05, 4.69) is 37.5 Å². The molecule has 0 saturated heterocycles. The van der Waals surface area contributed by atoms with Gasteiger partial charge < -0.3 is 9.47 Å². The van der Waals surface area contributed by atoms with Gasteiger partial charge >= 0.3 is 0 Å². The summed E-state index contributed by atoms with van der Waals surface area (Å²) in [6, 6.07) is 15.8. The fraction of sp³-hybridized carbons (Fsp3) is 0.429. The van der Waals surface area contributed by atoms with Crippen LogP contribution in [0.4, 0.5) is 0 Å². The third-order valence-corrected chi connectivity index (χ3v) is 4.72. The Hall–Kier alpha value is -2.84. The summed E-state index contributed by atoms with van der Waals surface area (Å²) in [5.41, 5.74) is 1.88. The zero-order valence-corrected chi connectivity index (χ0v) is 18.5. The van der Waals surface area contributed by atoms with E-state index in [1.165, 1.54) is 38.5 Å². The van der Waals surface area contributed by atoms with Crippen molar-refractivity contribution in [2.75, 3.05) is 13.2 Å². The van der Waals surface area contributed by atoms with E-state index in [4.69, 9.17) is 9.47 Å². The van der Waals surface area contributed by atoms with Gasteiger partial charge in [-0.1, -0.05) is 64.2 Å². The van der Waals surface area contributed by atoms with Gasteiger partial charge in [0.15, 0.2) is 0 Å². The molecule has 0 atom stereocenters. The Balaban J connectivity index is 1.75. The Labute approximate surface area is 183 Å².